The van der Waals surface area contributed by atoms with Crippen molar-refractivity contribution in [3.05, 3.63) is 70.7 Å². The molecular formula is C30H31F6N5O5. The van der Waals surface area contributed by atoms with Crippen molar-refractivity contribution in [3.8, 4) is 5.88 Å². The molecule has 4 rings (SSSR count). The molecule has 0 aliphatic carbocycles. The van der Waals surface area contributed by atoms with Gasteiger partial charge < -0.3 is 19.5 Å². The van der Waals surface area contributed by atoms with Crippen LogP contribution in [0.2, 0.25) is 0 Å². The molecule has 10 nitrogen and oxygen atoms in total. The standard InChI is InChI=1S/C30H31F6N5O5/c1-4-21-13-23(26-22(7-8-24(39-26)45-3)41(21)28(44)46-5-2)40(27-37-14-17(15-38-27)6-9-25(42)43)16-18-10-19(29(31,32)33)12-20(11-18)30(34,35)36/h7-8,10-12,14-15,21,23H,4-6,9,13,16H2,1-3H3,(H,42,43)/t21-,23+/m1/s1. The van der Waals surface area contributed by atoms with Crippen LogP contribution in [0.15, 0.2) is 42.7 Å². The minimum atomic E-state index is -5.07. The Morgan fingerprint density at radius 1 is 1.00 bits per heavy atom. The number of hydrogen-bond donors (Lipinski definition) is 1. The molecule has 3 aromatic rings. The lowest BCUT2D eigenvalue weighted by molar-refractivity contribution is -0.143. The molecule has 0 bridgehead atoms. The molecule has 248 valence electrons. The third kappa shape index (κ3) is 7.77. The first-order chi connectivity index (χ1) is 21.7. The zero-order valence-corrected chi connectivity index (χ0v) is 25.0. The molecule has 1 aromatic carbocycles. The minimum Gasteiger partial charge on any atom is -0.481 e. The summed E-state index contributed by atoms with van der Waals surface area (Å²) in [6.07, 6.45) is -7.69. The highest BCUT2D eigenvalue weighted by Gasteiger charge is 2.42. The first-order valence-corrected chi connectivity index (χ1v) is 14.2. The number of ether oxygens (including phenoxy) is 2. The first kappa shape index (κ1) is 34.2. The molecule has 0 spiro atoms. The number of aromatic nitrogens is 3. The van der Waals surface area contributed by atoms with E-state index in [0.717, 1.165) is 0 Å². The number of carboxylic acid groups (broad SMARTS) is 1. The zero-order valence-electron chi connectivity index (χ0n) is 25.0. The van der Waals surface area contributed by atoms with E-state index >= 15 is 0 Å². The van der Waals surface area contributed by atoms with Crippen LogP contribution >= 0.6 is 0 Å². The largest absolute Gasteiger partial charge is 0.481 e. The van der Waals surface area contributed by atoms with Gasteiger partial charge in [-0.15, -0.1) is 0 Å². The van der Waals surface area contributed by atoms with E-state index in [0.29, 0.717) is 29.8 Å². The van der Waals surface area contributed by atoms with E-state index in [-0.39, 0.29) is 55.0 Å². The number of rotatable bonds is 10. The van der Waals surface area contributed by atoms with Crippen molar-refractivity contribution in [2.45, 2.75) is 70.5 Å². The zero-order chi connectivity index (χ0) is 33.8. The smallest absolute Gasteiger partial charge is 0.416 e. The van der Waals surface area contributed by atoms with Gasteiger partial charge >= 0.3 is 24.4 Å². The van der Waals surface area contributed by atoms with Crippen LogP contribution in [0, 0.1) is 0 Å². The Morgan fingerprint density at radius 3 is 2.15 bits per heavy atom. The van der Waals surface area contributed by atoms with Crippen LogP contribution in [0.3, 0.4) is 0 Å². The Morgan fingerprint density at radius 2 is 1.63 bits per heavy atom. The number of amides is 1. The summed E-state index contributed by atoms with van der Waals surface area (Å²) >= 11 is 0. The summed E-state index contributed by atoms with van der Waals surface area (Å²) < 4.78 is 93.2. The van der Waals surface area contributed by atoms with Crippen molar-refractivity contribution in [3.63, 3.8) is 0 Å². The highest BCUT2D eigenvalue weighted by atomic mass is 19.4. The fraction of sp³-hybridized carbons (Fsp3) is 0.433. The Hall–Kier alpha value is -4.63. The predicted octanol–water partition coefficient (Wildman–Crippen LogP) is 6.83. The number of carboxylic acids is 1. The summed E-state index contributed by atoms with van der Waals surface area (Å²) in [5.41, 5.74) is -2.29. The third-order valence-electron chi connectivity index (χ3n) is 7.41. The van der Waals surface area contributed by atoms with Gasteiger partial charge in [0.15, 0.2) is 0 Å². The van der Waals surface area contributed by atoms with Gasteiger partial charge in [0.05, 0.1) is 42.3 Å². The number of anilines is 2. The number of carbonyl (C=O) groups is 2. The summed E-state index contributed by atoms with van der Waals surface area (Å²) in [6.45, 7) is 3.03. The molecule has 0 unspecified atom stereocenters. The van der Waals surface area contributed by atoms with Crippen LogP contribution in [0.4, 0.5) is 42.8 Å². The van der Waals surface area contributed by atoms with Gasteiger partial charge in [-0.2, -0.15) is 26.3 Å². The highest BCUT2D eigenvalue weighted by molar-refractivity contribution is 5.90. The first-order valence-electron chi connectivity index (χ1n) is 14.2. The SMILES string of the molecule is CCOC(=O)N1c2ccc(OC)nc2[C@@H](N(Cc2cc(C(F)(F)F)cc(C(F)(F)F)c2)c2ncc(CCC(=O)O)cn2)C[C@H]1CC. The van der Waals surface area contributed by atoms with Crippen molar-refractivity contribution in [1.29, 1.82) is 0 Å². The van der Waals surface area contributed by atoms with Gasteiger partial charge in [-0.1, -0.05) is 6.92 Å². The third-order valence-corrected chi connectivity index (χ3v) is 7.41. The number of halogens is 6. The Bertz CT molecular complexity index is 1520. The van der Waals surface area contributed by atoms with Crippen LogP contribution < -0.4 is 14.5 Å². The molecule has 3 heterocycles. The van der Waals surface area contributed by atoms with Crippen molar-refractivity contribution in [1.82, 2.24) is 15.0 Å². The molecule has 2 aromatic heterocycles. The fourth-order valence-electron chi connectivity index (χ4n) is 5.25. The number of alkyl halides is 6. The van der Waals surface area contributed by atoms with E-state index < -0.39 is 54.2 Å². The molecule has 0 radical (unpaired) electrons. The number of benzene rings is 1. The lowest BCUT2D eigenvalue weighted by Gasteiger charge is -2.43. The molecule has 1 amide bonds. The average Bonchev–Trinajstić information content (AvgIpc) is 3.01. The van der Waals surface area contributed by atoms with Crippen molar-refractivity contribution in [2.75, 3.05) is 23.5 Å². The minimum absolute atomic E-state index is 0.0498. The monoisotopic (exact) mass is 655 g/mol. The Balaban J connectivity index is 1.90. The Labute approximate surface area is 260 Å². The predicted molar refractivity (Wildman–Crippen MR) is 152 cm³/mol. The second kappa shape index (κ2) is 13.8. The molecule has 1 N–H and O–H groups in total. The maximum atomic E-state index is 13.8. The van der Waals surface area contributed by atoms with Crippen molar-refractivity contribution in [2.24, 2.45) is 0 Å². The highest BCUT2D eigenvalue weighted by Crippen LogP contribution is 2.44. The molecule has 1 aliphatic heterocycles. The van der Waals surface area contributed by atoms with E-state index in [1.807, 2.05) is 6.92 Å². The number of methoxy groups -OCH3 is 1. The number of fused-ring (bicyclic) bond motifs is 1. The van der Waals surface area contributed by atoms with Gasteiger partial charge in [0, 0.05) is 37.5 Å². The number of carbonyl (C=O) groups excluding carboxylic acids is 1. The molecule has 46 heavy (non-hydrogen) atoms. The molecule has 0 saturated carbocycles. The second-order valence-corrected chi connectivity index (χ2v) is 10.5. The Kier molecular flexibility index (Phi) is 10.3. The molecule has 2 atom stereocenters. The molecule has 16 heteroatoms. The maximum absolute atomic E-state index is 13.8. The van der Waals surface area contributed by atoms with Gasteiger partial charge in [0.1, 0.15) is 0 Å². The van der Waals surface area contributed by atoms with Gasteiger partial charge in [0.2, 0.25) is 11.8 Å². The molecule has 1 aliphatic rings. The fourth-order valence-corrected chi connectivity index (χ4v) is 5.25. The topological polar surface area (TPSA) is 118 Å². The lowest BCUT2D eigenvalue weighted by Crippen LogP contribution is -2.48. The molecular weight excluding hydrogens is 624 g/mol. The number of pyridine rings is 1. The van der Waals surface area contributed by atoms with Gasteiger partial charge in [-0.25, -0.2) is 19.7 Å². The van der Waals surface area contributed by atoms with Crippen LogP contribution in [0.1, 0.15) is 67.1 Å². The van der Waals surface area contributed by atoms with Crippen molar-refractivity contribution < 1.29 is 50.5 Å². The number of aryl methyl sites for hydroxylation is 1. The number of aliphatic carboxylic acids is 1. The summed E-state index contributed by atoms with van der Waals surface area (Å²) in [5, 5.41) is 9.03. The van der Waals surface area contributed by atoms with Gasteiger partial charge in [-0.3, -0.25) is 9.69 Å². The number of nitrogens with zero attached hydrogens (tertiary/aromatic N) is 5. The molecule has 0 fully saturated rings. The van der Waals surface area contributed by atoms with Crippen LogP contribution in [0.5, 0.6) is 5.88 Å². The normalized spacial score (nSPS) is 16.5. The average molecular weight is 656 g/mol. The van der Waals surface area contributed by atoms with Crippen molar-refractivity contribution >= 4 is 23.7 Å². The van der Waals surface area contributed by atoms with Crippen LogP contribution in [-0.4, -0.2) is 51.9 Å². The van der Waals surface area contributed by atoms with E-state index in [1.54, 1.807) is 13.0 Å². The maximum Gasteiger partial charge on any atom is 0.416 e. The molecule has 0 saturated heterocycles. The van der Waals surface area contributed by atoms with E-state index in [9.17, 15) is 35.9 Å². The summed E-state index contributed by atoms with van der Waals surface area (Å²) in [6, 6.07) is 3.02. The van der Waals surface area contributed by atoms with Crippen LogP contribution in [0.25, 0.3) is 0 Å². The quantitative estimate of drug-likeness (QED) is 0.235. The van der Waals surface area contributed by atoms with Gasteiger partial charge in [0.25, 0.3) is 0 Å². The summed E-state index contributed by atoms with van der Waals surface area (Å²) in [4.78, 5) is 40.2. The van der Waals surface area contributed by atoms with Gasteiger partial charge in [-0.05, 0) is 61.6 Å². The summed E-state index contributed by atoms with van der Waals surface area (Å²) in [7, 11) is 1.36. The summed E-state index contributed by atoms with van der Waals surface area (Å²) in [5.74, 6) is -0.970. The van der Waals surface area contributed by atoms with Crippen LogP contribution in [-0.2, 0) is 34.8 Å². The van der Waals surface area contributed by atoms with E-state index in [1.165, 1.54) is 35.4 Å². The number of hydrogen-bond acceptors (Lipinski definition) is 8. The van der Waals surface area contributed by atoms with E-state index in [4.69, 9.17) is 14.6 Å². The lowest BCUT2D eigenvalue weighted by atomic mass is 9.92. The second-order valence-electron chi connectivity index (χ2n) is 10.5. The van der Waals surface area contributed by atoms with E-state index in [2.05, 4.69) is 15.0 Å².